The Kier molecular flexibility index (Phi) is 6.90. The maximum Gasteiger partial charge on any atom is 0.238 e. The first-order valence-electron chi connectivity index (χ1n) is 10.5. The predicted molar refractivity (Wildman–Crippen MR) is 113 cm³/mol. The van der Waals surface area contributed by atoms with Crippen LogP contribution in [0, 0.1) is 13.8 Å². The van der Waals surface area contributed by atoms with E-state index in [1.165, 1.54) is 0 Å². The van der Waals surface area contributed by atoms with Crippen LogP contribution in [0.15, 0.2) is 18.2 Å². The summed E-state index contributed by atoms with van der Waals surface area (Å²) in [6, 6.07) is 6.43. The summed E-state index contributed by atoms with van der Waals surface area (Å²) >= 11 is 0. The molecule has 0 spiro atoms. The van der Waals surface area contributed by atoms with Crippen LogP contribution in [0.5, 0.6) is 0 Å². The van der Waals surface area contributed by atoms with Crippen LogP contribution in [0.1, 0.15) is 37.3 Å². The van der Waals surface area contributed by atoms with Crippen LogP contribution < -0.4 is 5.32 Å². The summed E-state index contributed by atoms with van der Waals surface area (Å²) in [5, 5.41) is 3.02. The van der Waals surface area contributed by atoms with Crippen molar-refractivity contribution in [2.45, 2.75) is 46.1 Å². The van der Waals surface area contributed by atoms with E-state index in [2.05, 4.69) is 10.2 Å². The lowest BCUT2D eigenvalue weighted by Gasteiger charge is -2.34. The molecule has 1 saturated carbocycles. The number of carbonyl (C=O) groups excluding carboxylic acids is 3. The molecule has 1 heterocycles. The summed E-state index contributed by atoms with van der Waals surface area (Å²) < 4.78 is 0. The molecule has 1 aliphatic heterocycles. The van der Waals surface area contributed by atoms with E-state index < -0.39 is 0 Å². The van der Waals surface area contributed by atoms with Crippen molar-refractivity contribution >= 4 is 23.4 Å². The van der Waals surface area contributed by atoms with E-state index >= 15 is 0 Å². The summed E-state index contributed by atoms with van der Waals surface area (Å²) in [6.07, 6.45) is 2.58. The number of rotatable bonds is 7. The quantitative estimate of drug-likeness (QED) is 0.757. The zero-order chi connectivity index (χ0) is 21.0. The molecule has 2 aliphatic rings. The Morgan fingerprint density at radius 1 is 1.07 bits per heavy atom. The Balaban J connectivity index is 1.48. The third-order valence-corrected chi connectivity index (χ3v) is 5.77. The number of hydrogen-bond acceptors (Lipinski definition) is 4. The van der Waals surface area contributed by atoms with Gasteiger partial charge in [-0.1, -0.05) is 12.1 Å². The van der Waals surface area contributed by atoms with Crippen LogP contribution in [0.3, 0.4) is 0 Å². The number of aryl methyl sites for hydroxylation is 2. The second kappa shape index (κ2) is 9.39. The molecule has 1 aromatic carbocycles. The molecular formula is C22H32N4O3. The highest BCUT2D eigenvalue weighted by atomic mass is 16.2. The van der Waals surface area contributed by atoms with Gasteiger partial charge in [0.25, 0.3) is 0 Å². The smallest absolute Gasteiger partial charge is 0.238 e. The molecule has 2 fully saturated rings. The molecular weight excluding hydrogens is 368 g/mol. The van der Waals surface area contributed by atoms with Gasteiger partial charge < -0.3 is 15.1 Å². The van der Waals surface area contributed by atoms with Gasteiger partial charge in [0.1, 0.15) is 0 Å². The van der Waals surface area contributed by atoms with Gasteiger partial charge >= 0.3 is 0 Å². The minimum Gasteiger partial charge on any atom is -0.339 e. The minimum atomic E-state index is -0.0341. The second-order valence-corrected chi connectivity index (χ2v) is 8.21. The fraction of sp³-hybridized carbons (Fsp3) is 0.591. The zero-order valence-electron chi connectivity index (χ0n) is 17.7. The molecule has 1 saturated heterocycles. The molecule has 7 heteroatoms. The zero-order valence-corrected chi connectivity index (χ0v) is 17.7. The topological polar surface area (TPSA) is 73.0 Å². The third-order valence-electron chi connectivity index (χ3n) is 5.77. The number of piperazine rings is 1. The number of carbonyl (C=O) groups is 3. The maximum absolute atomic E-state index is 12.6. The number of hydrogen-bond donors (Lipinski definition) is 1. The lowest BCUT2D eigenvalue weighted by Crippen LogP contribution is -2.50. The molecule has 1 aliphatic carbocycles. The average molecular weight is 401 g/mol. The number of benzene rings is 1. The first-order chi connectivity index (χ1) is 13.8. The van der Waals surface area contributed by atoms with Crippen molar-refractivity contribution in [2.24, 2.45) is 0 Å². The highest BCUT2D eigenvalue weighted by Gasteiger charge is 2.31. The molecule has 3 rings (SSSR count). The van der Waals surface area contributed by atoms with E-state index in [4.69, 9.17) is 0 Å². The number of nitrogens with one attached hydrogen (secondary N) is 1. The van der Waals surface area contributed by atoms with Gasteiger partial charge in [0, 0.05) is 57.8 Å². The van der Waals surface area contributed by atoms with Crippen molar-refractivity contribution < 1.29 is 14.4 Å². The molecule has 0 atom stereocenters. The van der Waals surface area contributed by atoms with Gasteiger partial charge in [0.05, 0.1) is 6.54 Å². The molecule has 158 valence electrons. The molecule has 0 unspecified atom stereocenters. The highest BCUT2D eigenvalue weighted by Crippen LogP contribution is 2.27. The summed E-state index contributed by atoms with van der Waals surface area (Å²) in [4.78, 5) is 42.3. The van der Waals surface area contributed by atoms with E-state index in [0.717, 1.165) is 29.7 Å². The Labute approximate surface area is 173 Å². The van der Waals surface area contributed by atoms with Gasteiger partial charge in [-0.15, -0.1) is 0 Å². The largest absolute Gasteiger partial charge is 0.339 e. The van der Waals surface area contributed by atoms with E-state index in [9.17, 15) is 14.4 Å². The summed E-state index contributed by atoms with van der Waals surface area (Å²) in [5.74, 6) is 0.133. The number of amides is 3. The number of anilines is 1. The van der Waals surface area contributed by atoms with Gasteiger partial charge in [-0.05, 0) is 43.9 Å². The third kappa shape index (κ3) is 6.03. The molecule has 1 N–H and O–H groups in total. The van der Waals surface area contributed by atoms with Crippen molar-refractivity contribution in [1.29, 1.82) is 0 Å². The highest BCUT2D eigenvalue weighted by molar-refractivity contribution is 5.93. The Hall–Kier alpha value is -2.41. The monoisotopic (exact) mass is 400 g/mol. The standard InChI is InChI=1S/C22H32N4O3/c1-16-4-5-17(2)20(14-16)23-21(28)15-26(19-6-7-19)9-8-22(29)25-12-10-24(11-13-25)18(3)27/h4-5,14,19H,6-13,15H2,1-3H3,(H,23,28). The Bertz CT molecular complexity index is 767. The van der Waals surface area contributed by atoms with Crippen LogP contribution in [-0.2, 0) is 14.4 Å². The van der Waals surface area contributed by atoms with E-state index in [-0.39, 0.29) is 17.7 Å². The lowest BCUT2D eigenvalue weighted by atomic mass is 10.1. The minimum absolute atomic E-state index is 0.0341. The Morgan fingerprint density at radius 3 is 2.34 bits per heavy atom. The van der Waals surface area contributed by atoms with Crippen LogP contribution in [0.25, 0.3) is 0 Å². The number of nitrogens with zero attached hydrogens (tertiary/aromatic N) is 3. The molecule has 0 aromatic heterocycles. The van der Waals surface area contributed by atoms with E-state index in [1.807, 2.05) is 36.9 Å². The second-order valence-electron chi connectivity index (χ2n) is 8.21. The predicted octanol–water partition coefficient (Wildman–Crippen LogP) is 1.79. The van der Waals surface area contributed by atoms with Crippen LogP contribution in [0.2, 0.25) is 0 Å². The fourth-order valence-corrected chi connectivity index (χ4v) is 3.74. The fourth-order valence-electron chi connectivity index (χ4n) is 3.74. The van der Waals surface area contributed by atoms with Gasteiger partial charge in [0.15, 0.2) is 0 Å². The summed E-state index contributed by atoms with van der Waals surface area (Å²) in [6.45, 7) is 8.85. The molecule has 0 radical (unpaired) electrons. The Morgan fingerprint density at radius 2 is 1.72 bits per heavy atom. The summed E-state index contributed by atoms with van der Waals surface area (Å²) in [7, 11) is 0. The van der Waals surface area contributed by atoms with Crippen molar-refractivity contribution in [3.8, 4) is 0 Å². The van der Waals surface area contributed by atoms with Crippen molar-refractivity contribution in [3.63, 3.8) is 0 Å². The SMILES string of the molecule is CC(=O)N1CCN(C(=O)CCN(CC(=O)Nc2cc(C)ccc2C)C2CC2)CC1. The average Bonchev–Trinajstić information content (AvgIpc) is 3.53. The molecule has 7 nitrogen and oxygen atoms in total. The maximum atomic E-state index is 12.6. The van der Waals surface area contributed by atoms with E-state index in [1.54, 1.807) is 11.8 Å². The van der Waals surface area contributed by atoms with Gasteiger partial charge in [-0.25, -0.2) is 0 Å². The molecule has 29 heavy (non-hydrogen) atoms. The van der Waals surface area contributed by atoms with Crippen LogP contribution >= 0.6 is 0 Å². The van der Waals surface area contributed by atoms with Gasteiger partial charge in [-0.2, -0.15) is 0 Å². The normalized spacial score (nSPS) is 16.8. The van der Waals surface area contributed by atoms with Gasteiger partial charge in [0.2, 0.25) is 17.7 Å². The van der Waals surface area contributed by atoms with Crippen LogP contribution in [-0.4, -0.2) is 77.7 Å². The van der Waals surface area contributed by atoms with Crippen molar-refractivity contribution in [1.82, 2.24) is 14.7 Å². The van der Waals surface area contributed by atoms with Crippen molar-refractivity contribution in [3.05, 3.63) is 29.3 Å². The first-order valence-corrected chi connectivity index (χ1v) is 10.5. The molecule has 3 amide bonds. The van der Waals surface area contributed by atoms with Gasteiger partial charge in [-0.3, -0.25) is 19.3 Å². The lowest BCUT2D eigenvalue weighted by molar-refractivity contribution is -0.138. The molecule has 1 aromatic rings. The van der Waals surface area contributed by atoms with Crippen molar-refractivity contribution in [2.75, 3.05) is 44.6 Å². The molecule has 0 bridgehead atoms. The van der Waals surface area contributed by atoms with Crippen LogP contribution in [0.4, 0.5) is 5.69 Å². The summed E-state index contributed by atoms with van der Waals surface area (Å²) in [5.41, 5.74) is 3.01. The van der Waals surface area contributed by atoms with E-state index in [0.29, 0.717) is 51.7 Å². The first kappa shape index (κ1) is 21.3.